The monoisotopic (exact) mass is 329 g/mol. The second-order valence-corrected chi connectivity index (χ2v) is 9.20. The van der Waals surface area contributed by atoms with E-state index in [1.54, 1.807) is 0 Å². The molecule has 1 fully saturated rings. The quantitative estimate of drug-likeness (QED) is 0.716. The van der Waals surface area contributed by atoms with Gasteiger partial charge in [0.25, 0.3) is 0 Å². The minimum absolute atomic E-state index is 0.338. The third-order valence-corrected chi connectivity index (χ3v) is 6.89. The standard InChI is InChI=1S/C23H22P/c1-16-10-17(2)13-22(12-16)24(20(5)21-8-6-7-9-21)23-14-18(3)11-19(4)15-23/h10-15,20H,1-5H3/t20-/m0/s1. The van der Waals surface area contributed by atoms with Gasteiger partial charge in [0.05, 0.1) is 0 Å². The van der Waals surface area contributed by atoms with Crippen molar-refractivity contribution >= 4 is 18.5 Å². The van der Waals surface area contributed by atoms with Crippen molar-refractivity contribution < 1.29 is 0 Å². The smallest absolute Gasteiger partial charge is 0.0000225 e. The lowest BCUT2D eigenvalue weighted by molar-refractivity contribution is 1.02. The van der Waals surface area contributed by atoms with Gasteiger partial charge in [-0.15, -0.1) is 0 Å². The summed E-state index contributed by atoms with van der Waals surface area (Å²) in [6.45, 7) is 11.0. The summed E-state index contributed by atoms with van der Waals surface area (Å²) in [5, 5.41) is 2.84. The summed E-state index contributed by atoms with van der Waals surface area (Å²) >= 11 is 0. The van der Waals surface area contributed by atoms with Crippen LogP contribution in [0.3, 0.4) is 0 Å². The Bertz CT molecular complexity index is 618. The highest BCUT2D eigenvalue weighted by Gasteiger charge is 2.32. The van der Waals surface area contributed by atoms with E-state index in [-0.39, 0.29) is 0 Å². The van der Waals surface area contributed by atoms with Crippen LogP contribution in [0.25, 0.3) is 0 Å². The van der Waals surface area contributed by atoms with Gasteiger partial charge in [0.15, 0.2) is 0 Å². The minimum atomic E-state index is -0.530. The molecule has 0 aliphatic heterocycles. The Morgan fingerprint density at radius 1 is 0.667 bits per heavy atom. The fourth-order valence-corrected chi connectivity index (χ4v) is 6.29. The Morgan fingerprint density at radius 3 is 1.42 bits per heavy atom. The zero-order valence-electron chi connectivity index (χ0n) is 15.0. The fourth-order valence-electron chi connectivity index (χ4n) is 3.34. The molecule has 2 aromatic rings. The lowest BCUT2D eigenvalue weighted by atomic mass is 10.1. The van der Waals surface area contributed by atoms with Gasteiger partial charge in [0, 0.05) is 25.7 Å². The molecule has 0 spiro atoms. The zero-order chi connectivity index (χ0) is 17.3. The maximum absolute atomic E-state index is 3.20. The largest absolute Gasteiger partial charge is 0.0573 e. The molecule has 24 heavy (non-hydrogen) atoms. The molecule has 0 amide bonds. The molecule has 0 unspecified atom stereocenters. The van der Waals surface area contributed by atoms with Crippen LogP contribution in [0.5, 0.6) is 0 Å². The normalized spacial score (nSPS) is 16.8. The maximum Gasteiger partial charge on any atom is 0.0000225 e. The molecule has 1 atom stereocenters. The van der Waals surface area contributed by atoms with Gasteiger partial charge in [-0.05, 0) is 57.8 Å². The van der Waals surface area contributed by atoms with E-state index in [2.05, 4.69) is 96.7 Å². The van der Waals surface area contributed by atoms with Crippen molar-refractivity contribution in [3.8, 4) is 0 Å². The van der Waals surface area contributed by atoms with Gasteiger partial charge in [-0.3, -0.25) is 0 Å². The number of aryl methyl sites for hydroxylation is 4. The molecule has 0 bridgehead atoms. The molecule has 1 aliphatic rings. The van der Waals surface area contributed by atoms with E-state index in [0.29, 0.717) is 5.66 Å². The molecule has 0 N–H and O–H groups in total. The lowest BCUT2D eigenvalue weighted by Crippen LogP contribution is -2.25. The van der Waals surface area contributed by atoms with Crippen LogP contribution in [0.4, 0.5) is 0 Å². The predicted octanol–water partition coefficient (Wildman–Crippen LogP) is 4.65. The van der Waals surface area contributed by atoms with E-state index in [4.69, 9.17) is 0 Å². The number of hydrogen-bond donors (Lipinski definition) is 0. The molecule has 119 valence electrons. The summed E-state index contributed by atoms with van der Waals surface area (Å²) in [7, 11) is -0.530. The summed E-state index contributed by atoms with van der Waals surface area (Å²) in [5.41, 5.74) is 5.63. The van der Waals surface area contributed by atoms with E-state index in [1.165, 1.54) is 32.9 Å². The van der Waals surface area contributed by atoms with Crippen molar-refractivity contribution in [2.45, 2.75) is 40.3 Å². The van der Waals surface area contributed by atoms with Gasteiger partial charge in [-0.1, -0.05) is 65.6 Å². The van der Waals surface area contributed by atoms with E-state index in [9.17, 15) is 0 Å². The molecular weight excluding hydrogens is 307 g/mol. The molecule has 0 aromatic heterocycles. The van der Waals surface area contributed by atoms with Crippen LogP contribution in [-0.4, -0.2) is 5.66 Å². The Morgan fingerprint density at radius 2 is 1.04 bits per heavy atom. The van der Waals surface area contributed by atoms with Gasteiger partial charge in [0.2, 0.25) is 0 Å². The lowest BCUT2D eigenvalue weighted by Gasteiger charge is -2.30. The first kappa shape index (κ1) is 17.7. The molecule has 1 aliphatic carbocycles. The Hall–Kier alpha value is -1.13. The predicted molar refractivity (Wildman–Crippen MR) is 104 cm³/mol. The van der Waals surface area contributed by atoms with Crippen molar-refractivity contribution in [3.05, 3.63) is 90.3 Å². The molecule has 0 nitrogen and oxygen atoms in total. The Kier molecular flexibility index (Phi) is 5.46. The summed E-state index contributed by atoms with van der Waals surface area (Å²) in [6, 6.07) is 13.8. The van der Waals surface area contributed by atoms with Gasteiger partial charge < -0.3 is 0 Å². The second kappa shape index (κ2) is 7.40. The van der Waals surface area contributed by atoms with Gasteiger partial charge in [-0.2, -0.15) is 0 Å². The average Bonchev–Trinajstić information content (AvgIpc) is 2.99. The molecule has 3 rings (SSSR count). The first-order valence-electron chi connectivity index (χ1n) is 8.29. The SMILES string of the molecule is Cc1cc(C)cc(P(c2cc(C)cc(C)c2)[C@@H](C)[C]2[C][C][C][C]2)c1. The summed E-state index contributed by atoms with van der Waals surface area (Å²) in [5.74, 6) is 1.08. The molecule has 0 saturated heterocycles. The van der Waals surface area contributed by atoms with Crippen molar-refractivity contribution in [2.75, 3.05) is 0 Å². The van der Waals surface area contributed by atoms with Crippen molar-refractivity contribution in [1.29, 1.82) is 0 Å². The minimum Gasteiger partial charge on any atom is -0.0573 e. The zero-order valence-corrected chi connectivity index (χ0v) is 15.9. The maximum atomic E-state index is 3.20. The van der Waals surface area contributed by atoms with Crippen LogP contribution in [-0.2, 0) is 0 Å². The highest BCUT2D eigenvalue weighted by molar-refractivity contribution is 7.73. The van der Waals surface area contributed by atoms with Crippen molar-refractivity contribution in [2.24, 2.45) is 0 Å². The van der Waals surface area contributed by atoms with Crippen LogP contribution < -0.4 is 10.6 Å². The third kappa shape index (κ3) is 3.92. The second-order valence-electron chi connectivity index (χ2n) is 6.65. The molecule has 2 aromatic carbocycles. The molecule has 9 radical (unpaired) electrons. The summed E-state index contributed by atoms with van der Waals surface area (Å²) in [4.78, 5) is 0. The van der Waals surface area contributed by atoms with Crippen molar-refractivity contribution in [1.82, 2.24) is 0 Å². The average molecular weight is 329 g/mol. The Labute approximate surface area is 149 Å². The molecule has 1 heteroatoms. The molecule has 0 heterocycles. The topological polar surface area (TPSA) is 0 Å². The van der Waals surface area contributed by atoms with Gasteiger partial charge in [0.1, 0.15) is 0 Å². The molecular formula is C23H22P. The van der Waals surface area contributed by atoms with Crippen LogP contribution in [0.1, 0.15) is 29.2 Å². The van der Waals surface area contributed by atoms with Crippen LogP contribution in [0.2, 0.25) is 0 Å². The third-order valence-electron chi connectivity index (χ3n) is 4.23. The number of hydrogen-bond acceptors (Lipinski definition) is 0. The number of benzene rings is 2. The van der Waals surface area contributed by atoms with E-state index in [1.807, 2.05) is 0 Å². The summed E-state index contributed by atoms with van der Waals surface area (Å²) < 4.78 is 0. The van der Waals surface area contributed by atoms with E-state index < -0.39 is 7.92 Å². The number of rotatable bonds is 4. The first-order chi connectivity index (χ1) is 11.4. The van der Waals surface area contributed by atoms with Crippen molar-refractivity contribution in [3.63, 3.8) is 0 Å². The fraction of sp³-hybridized carbons (Fsp3) is 0.261. The van der Waals surface area contributed by atoms with E-state index in [0.717, 1.165) is 5.92 Å². The van der Waals surface area contributed by atoms with E-state index >= 15 is 0 Å². The highest BCUT2D eigenvalue weighted by atomic mass is 31.1. The first-order valence-corrected chi connectivity index (χ1v) is 9.70. The van der Waals surface area contributed by atoms with Gasteiger partial charge >= 0.3 is 0 Å². The Balaban J connectivity index is 2.08. The summed E-state index contributed by atoms with van der Waals surface area (Å²) in [6.07, 6.45) is 12.2. The van der Waals surface area contributed by atoms with Crippen LogP contribution in [0.15, 0.2) is 36.4 Å². The molecule has 1 saturated carbocycles. The van der Waals surface area contributed by atoms with Gasteiger partial charge in [-0.25, -0.2) is 0 Å². The van der Waals surface area contributed by atoms with Crippen LogP contribution in [0, 0.1) is 59.3 Å². The highest BCUT2D eigenvalue weighted by Crippen LogP contribution is 2.47. The van der Waals surface area contributed by atoms with Crippen LogP contribution >= 0.6 is 7.92 Å².